The first-order chi connectivity index (χ1) is 12.7. The Morgan fingerprint density at radius 2 is 1.96 bits per heavy atom. The zero-order chi connectivity index (χ0) is 18.0. The molecule has 0 radical (unpaired) electrons. The van der Waals surface area contributed by atoms with Gasteiger partial charge in [-0.15, -0.1) is 0 Å². The third-order valence-electron chi connectivity index (χ3n) is 6.80. The summed E-state index contributed by atoms with van der Waals surface area (Å²) in [6.07, 6.45) is 8.75. The number of hydrogen-bond donors (Lipinski definition) is 0. The van der Waals surface area contributed by atoms with E-state index in [9.17, 15) is 4.79 Å². The summed E-state index contributed by atoms with van der Waals surface area (Å²) in [5.74, 6) is 0.244. The fraction of sp³-hybridized carbons (Fsp3) is 0.682. The van der Waals surface area contributed by atoms with E-state index in [0.29, 0.717) is 18.5 Å². The Hall–Kier alpha value is -1.39. The van der Waals surface area contributed by atoms with Crippen LogP contribution in [0.25, 0.3) is 0 Å². The van der Waals surface area contributed by atoms with Crippen LogP contribution in [-0.4, -0.2) is 60.1 Å². The molecule has 2 saturated heterocycles. The van der Waals surface area contributed by atoms with Crippen molar-refractivity contribution < 1.29 is 9.53 Å². The molecule has 1 aromatic rings. The SMILES string of the molecule is CN(C(=O)Cc1ccccc1)[C@H]1CC[C@@]2(CCCO2)C[C@H]1N1CCCC1. The van der Waals surface area contributed by atoms with Crippen LogP contribution < -0.4 is 0 Å². The second-order valence-corrected chi connectivity index (χ2v) is 8.42. The van der Waals surface area contributed by atoms with Crippen molar-refractivity contribution in [2.45, 2.75) is 69.1 Å². The Kier molecular flexibility index (Phi) is 5.32. The molecule has 4 heteroatoms. The van der Waals surface area contributed by atoms with Gasteiger partial charge in [-0.25, -0.2) is 0 Å². The van der Waals surface area contributed by atoms with Crippen LogP contribution in [0.2, 0.25) is 0 Å². The summed E-state index contributed by atoms with van der Waals surface area (Å²) in [5, 5.41) is 0. The Morgan fingerprint density at radius 3 is 2.65 bits per heavy atom. The molecule has 3 fully saturated rings. The molecular formula is C22H32N2O2. The van der Waals surface area contributed by atoms with Crippen LogP contribution in [0, 0.1) is 0 Å². The summed E-state index contributed by atoms with van der Waals surface area (Å²) in [6, 6.07) is 10.9. The number of benzene rings is 1. The van der Waals surface area contributed by atoms with E-state index in [0.717, 1.165) is 31.4 Å². The molecule has 142 valence electrons. The van der Waals surface area contributed by atoms with Gasteiger partial charge in [-0.05, 0) is 63.6 Å². The van der Waals surface area contributed by atoms with Crippen LogP contribution in [0.15, 0.2) is 30.3 Å². The van der Waals surface area contributed by atoms with E-state index in [1.165, 1.54) is 38.8 Å². The lowest BCUT2D eigenvalue weighted by atomic mass is 9.76. The van der Waals surface area contributed by atoms with Crippen molar-refractivity contribution in [1.29, 1.82) is 0 Å². The van der Waals surface area contributed by atoms with Gasteiger partial charge < -0.3 is 9.64 Å². The number of nitrogens with zero attached hydrogens (tertiary/aromatic N) is 2. The average molecular weight is 357 g/mol. The van der Waals surface area contributed by atoms with Crippen LogP contribution >= 0.6 is 0 Å². The van der Waals surface area contributed by atoms with E-state index in [4.69, 9.17) is 4.74 Å². The van der Waals surface area contributed by atoms with E-state index < -0.39 is 0 Å². The molecule has 26 heavy (non-hydrogen) atoms. The van der Waals surface area contributed by atoms with Gasteiger partial charge in [-0.2, -0.15) is 0 Å². The van der Waals surface area contributed by atoms with Crippen molar-refractivity contribution in [3.8, 4) is 0 Å². The van der Waals surface area contributed by atoms with Crippen LogP contribution in [-0.2, 0) is 16.0 Å². The van der Waals surface area contributed by atoms with Gasteiger partial charge in [-0.1, -0.05) is 30.3 Å². The first-order valence-electron chi connectivity index (χ1n) is 10.3. The van der Waals surface area contributed by atoms with Crippen molar-refractivity contribution in [1.82, 2.24) is 9.80 Å². The average Bonchev–Trinajstić information content (AvgIpc) is 3.34. The lowest BCUT2D eigenvalue weighted by Crippen LogP contribution is -2.58. The summed E-state index contributed by atoms with van der Waals surface area (Å²) < 4.78 is 6.23. The van der Waals surface area contributed by atoms with Crippen LogP contribution in [0.3, 0.4) is 0 Å². The fourth-order valence-corrected chi connectivity index (χ4v) is 5.31. The van der Waals surface area contributed by atoms with Crippen LogP contribution in [0.5, 0.6) is 0 Å². The van der Waals surface area contributed by atoms with Gasteiger partial charge in [0.15, 0.2) is 0 Å². The highest BCUT2D eigenvalue weighted by molar-refractivity contribution is 5.79. The molecule has 1 amide bonds. The molecule has 0 unspecified atom stereocenters. The fourth-order valence-electron chi connectivity index (χ4n) is 5.31. The second-order valence-electron chi connectivity index (χ2n) is 8.42. The maximum atomic E-state index is 13.0. The number of likely N-dealkylation sites (tertiary alicyclic amines) is 1. The maximum Gasteiger partial charge on any atom is 0.227 e. The molecule has 2 aliphatic heterocycles. The molecule has 2 heterocycles. The highest BCUT2D eigenvalue weighted by Crippen LogP contribution is 2.42. The van der Waals surface area contributed by atoms with Gasteiger partial charge in [-0.3, -0.25) is 9.69 Å². The third kappa shape index (κ3) is 3.67. The summed E-state index contributed by atoms with van der Waals surface area (Å²) in [4.78, 5) is 17.7. The van der Waals surface area contributed by atoms with Crippen molar-refractivity contribution in [3.05, 3.63) is 35.9 Å². The molecule has 0 aromatic heterocycles. The highest BCUT2D eigenvalue weighted by atomic mass is 16.5. The maximum absolute atomic E-state index is 13.0. The zero-order valence-electron chi connectivity index (χ0n) is 16.0. The quantitative estimate of drug-likeness (QED) is 0.830. The standard InChI is InChI=1S/C22H32N2O2/c1-23(21(25)16-18-8-3-2-4-9-18)19-10-12-22(11-7-15-26-22)17-20(19)24-13-5-6-14-24/h2-4,8-9,19-20H,5-7,10-17H2,1H3/t19-,20+,22-/m0/s1. The van der Waals surface area contributed by atoms with Gasteiger partial charge in [0, 0.05) is 25.7 Å². The topological polar surface area (TPSA) is 32.8 Å². The van der Waals surface area contributed by atoms with Crippen molar-refractivity contribution >= 4 is 5.91 Å². The Balaban J connectivity index is 1.48. The lowest BCUT2D eigenvalue weighted by Gasteiger charge is -2.48. The summed E-state index contributed by atoms with van der Waals surface area (Å²) >= 11 is 0. The van der Waals surface area contributed by atoms with E-state index >= 15 is 0 Å². The minimum atomic E-state index is 0.0904. The molecule has 1 aliphatic carbocycles. The molecule has 1 saturated carbocycles. The van der Waals surface area contributed by atoms with Gasteiger partial charge in [0.2, 0.25) is 5.91 Å². The van der Waals surface area contributed by atoms with Gasteiger partial charge in [0.05, 0.1) is 12.0 Å². The molecule has 1 spiro atoms. The van der Waals surface area contributed by atoms with Crippen molar-refractivity contribution in [2.75, 3.05) is 26.7 Å². The number of hydrogen-bond acceptors (Lipinski definition) is 3. The summed E-state index contributed by atoms with van der Waals surface area (Å²) in [7, 11) is 2.02. The van der Waals surface area contributed by atoms with E-state index in [1.54, 1.807) is 0 Å². The predicted molar refractivity (Wildman–Crippen MR) is 103 cm³/mol. The number of amides is 1. The lowest BCUT2D eigenvalue weighted by molar-refractivity contribution is -0.136. The van der Waals surface area contributed by atoms with Crippen molar-refractivity contribution in [3.63, 3.8) is 0 Å². The number of carbonyl (C=O) groups excluding carboxylic acids is 1. The van der Waals surface area contributed by atoms with E-state index in [2.05, 4.69) is 9.80 Å². The Morgan fingerprint density at radius 1 is 1.19 bits per heavy atom. The first-order valence-corrected chi connectivity index (χ1v) is 10.3. The van der Waals surface area contributed by atoms with Crippen LogP contribution in [0.4, 0.5) is 0 Å². The molecule has 0 bridgehead atoms. The molecule has 0 N–H and O–H groups in total. The minimum Gasteiger partial charge on any atom is -0.375 e. The number of likely N-dealkylation sites (N-methyl/N-ethyl adjacent to an activating group) is 1. The molecule has 1 aromatic carbocycles. The summed E-state index contributed by atoms with van der Waals surface area (Å²) in [6.45, 7) is 3.27. The first kappa shape index (κ1) is 18.0. The predicted octanol–water partition coefficient (Wildman–Crippen LogP) is 3.25. The number of carbonyl (C=O) groups is 1. The van der Waals surface area contributed by atoms with Crippen molar-refractivity contribution in [2.24, 2.45) is 0 Å². The Bertz CT molecular complexity index is 606. The molecule has 3 aliphatic rings. The molecular weight excluding hydrogens is 324 g/mol. The molecule has 3 atom stereocenters. The highest BCUT2D eigenvalue weighted by Gasteiger charge is 2.47. The Labute approximate surface area is 157 Å². The summed E-state index contributed by atoms with van der Waals surface area (Å²) in [5.41, 5.74) is 1.20. The minimum absolute atomic E-state index is 0.0904. The largest absolute Gasteiger partial charge is 0.375 e. The number of ether oxygens (including phenoxy) is 1. The smallest absolute Gasteiger partial charge is 0.227 e. The second kappa shape index (κ2) is 7.69. The van der Waals surface area contributed by atoms with Gasteiger partial charge >= 0.3 is 0 Å². The van der Waals surface area contributed by atoms with Gasteiger partial charge in [0.25, 0.3) is 0 Å². The van der Waals surface area contributed by atoms with Gasteiger partial charge in [0.1, 0.15) is 0 Å². The molecule has 4 nitrogen and oxygen atoms in total. The molecule has 4 rings (SSSR count). The van der Waals surface area contributed by atoms with E-state index in [-0.39, 0.29) is 11.5 Å². The van der Waals surface area contributed by atoms with E-state index in [1.807, 2.05) is 37.4 Å². The van der Waals surface area contributed by atoms with Crippen LogP contribution in [0.1, 0.15) is 50.5 Å². The monoisotopic (exact) mass is 356 g/mol. The zero-order valence-corrected chi connectivity index (χ0v) is 16.0. The normalized spacial score (nSPS) is 32.2. The number of rotatable bonds is 4. The third-order valence-corrected chi connectivity index (χ3v) is 6.80.